The lowest BCUT2D eigenvalue weighted by Gasteiger charge is -2.33. The van der Waals surface area contributed by atoms with Crippen LogP contribution in [0.15, 0.2) is 29.3 Å². The molecule has 0 spiro atoms. The topological polar surface area (TPSA) is 56.7 Å². The van der Waals surface area contributed by atoms with E-state index in [1.165, 1.54) is 18.4 Å². The Morgan fingerprint density at radius 2 is 2.00 bits per heavy atom. The van der Waals surface area contributed by atoms with Crippen LogP contribution in [0.25, 0.3) is 0 Å². The highest BCUT2D eigenvalue weighted by molar-refractivity contribution is 14.0. The number of piperidine rings is 1. The highest BCUT2D eigenvalue weighted by atomic mass is 127. The van der Waals surface area contributed by atoms with Crippen LogP contribution in [-0.2, 0) is 11.3 Å². The highest BCUT2D eigenvalue weighted by Gasteiger charge is 2.18. The lowest BCUT2D eigenvalue weighted by Crippen LogP contribution is -2.45. The van der Waals surface area contributed by atoms with Gasteiger partial charge in [0.2, 0.25) is 5.91 Å². The molecule has 6 heteroatoms. The van der Waals surface area contributed by atoms with Gasteiger partial charge in [0, 0.05) is 38.3 Å². The standard InChI is InChI=1S/C19H30N4O.HI/c1-14(2)18(24)22-17-9-7-16(8-10-17)12-21-19(20-4)23-11-5-6-15(3)13-23;/h7-10,14-15H,5-6,11-13H2,1-4H3,(H,20,21)(H,22,24);1H. The molecule has 0 aromatic heterocycles. The quantitative estimate of drug-likeness (QED) is 0.411. The number of carbonyl (C=O) groups is 1. The number of nitrogens with zero attached hydrogens (tertiary/aromatic N) is 2. The smallest absolute Gasteiger partial charge is 0.226 e. The molecule has 1 atom stereocenters. The Kier molecular flexibility index (Phi) is 9.24. The number of nitrogens with one attached hydrogen (secondary N) is 2. The monoisotopic (exact) mass is 458 g/mol. The van der Waals surface area contributed by atoms with Crippen LogP contribution in [0.4, 0.5) is 5.69 Å². The minimum absolute atomic E-state index is 0. The van der Waals surface area contributed by atoms with Crippen LogP contribution < -0.4 is 10.6 Å². The molecule has 2 rings (SSSR count). The number of carbonyl (C=O) groups excluding carboxylic acids is 1. The molecular formula is C19H31IN4O. The molecule has 1 aliphatic rings. The summed E-state index contributed by atoms with van der Waals surface area (Å²) in [5.41, 5.74) is 2.01. The molecule has 1 saturated heterocycles. The van der Waals surface area contributed by atoms with E-state index in [-0.39, 0.29) is 35.8 Å². The average molecular weight is 458 g/mol. The van der Waals surface area contributed by atoms with E-state index < -0.39 is 0 Å². The molecule has 1 aromatic rings. The van der Waals surface area contributed by atoms with Crippen molar-refractivity contribution in [1.29, 1.82) is 0 Å². The van der Waals surface area contributed by atoms with Crippen LogP contribution in [0.3, 0.4) is 0 Å². The Balaban J connectivity index is 0.00000312. The van der Waals surface area contributed by atoms with Gasteiger partial charge >= 0.3 is 0 Å². The molecule has 1 heterocycles. The van der Waals surface area contributed by atoms with Gasteiger partial charge in [-0.3, -0.25) is 9.79 Å². The minimum atomic E-state index is -0.0124. The lowest BCUT2D eigenvalue weighted by molar-refractivity contribution is -0.118. The Morgan fingerprint density at radius 1 is 1.32 bits per heavy atom. The predicted octanol–water partition coefficient (Wildman–Crippen LogP) is 3.71. The summed E-state index contributed by atoms with van der Waals surface area (Å²) >= 11 is 0. The summed E-state index contributed by atoms with van der Waals surface area (Å²) in [5.74, 6) is 1.72. The summed E-state index contributed by atoms with van der Waals surface area (Å²) < 4.78 is 0. The molecule has 25 heavy (non-hydrogen) atoms. The molecule has 1 fully saturated rings. The van der Waals surface area contributed by atoms with E-state index in [9.17, 15) is 4.79 Å². The van der Waals surface area contributed by atoms with Crippen LogP contribution in [0.2, 0.25) is 0 Å². The van der Waals surface area contributed by atoms with Gasteiger partial charge in [-0.1, -0.05) is 32.9 Å². The predicted molar refractivity (Wildman–Crippen MR) is 115 cm³/mol. The fourth-order valence-electron chi connectivity index (χ4n) is 2.89. The SMILES string of the molecule is CN=C(NCc1ccc(NC(=O)C(C)C)cc1)N1CCCC(C)C1.I. The fraction of sp³-hybridized carbons (Fsp3) is 0.579. The third kappa shape index (κ3) is 6.84. The van der Waals surface area contributed by atoms with Crippen molar-refractivity contribution in [3.63, 3.8) is 0 Å². The van der Waals surface area contributed by atoms with Crippen molar-refractivity contribution in [1.82, 2.24) is 10.2 Å². The van der Waals surface area contributed by atoms with Gasteiger partial charge in [-0.25, -0.2) is 0 Å². The Morgan fingerprint density at radius 3 is 2.56 bits per heavy atom. The molecule has 0 saturated carbocycles. The van der Waals surface area contributed by atoms with Crippen LogP contribution >= 0.6 is 24.0 Å². The van der Waals surface area contributed by atoms with E-state index in [4.69, 9.17) is 0 Å². The van der Waals surface area contributed by atoms with Crippen molar-refractivity contribution in [2.75, 3.05) is 25.5 Å². The maximum atomic E-state index is 11.7. The zero-order valence-corrected chi connectivity index (χ0v) is 18.0. The van der Waals surface area contributed by atoms with E-state index in [1.54, 1.807) is 0 Å². The number of guanidine groups is 1. The first-order chi connectivity index (χ1) is 11.5. The molecule has 0 aliphatic carbocycles. The van der Waals surface area contributed by atoms with Crippen molar-refractivity contribution >= 4 is 41.5 Å². The summed E-state index contributed by atoms with van der Waals surface area (Å²) in [7, 11) is 1.84. The molecule has 1 aromatic carbocycles. The Labute approximate surface area is 168 Å². The van der Waals surface area contributed by atoms with Gasteiger partial charge in [0.15, 0.2) is 5.96 Å². The zero-order chi connectivity index (χ0) is 17.5. The number of anilines is 1. The first-order valence-corrected chi connectivity index (χ1v) is 8.85. The second-order valence-electron chi connectivity index (χ2n) is 6.94. The van der Waals surface area contributed by atoms with E-state index in [1.807, 2.05) is 45.2 Å². The maximum absolute atomic E-state index is 11.7. The molecule has 0 bridgehead atoms. The van der Waals surface area contributed by atoms with Crippen LogP contribution in [0, 0.1) is 11.8 Å². The first-order valence-electron chi connectivity index (χ1n) is 8.85. The van der Waals surface area contributed by atoms with Crippen LogP contribution in [0.1, 0.15) is 39.2 Å². The Bertz CT molecular complexity index is 571. The number of halogens is 1. The number of benzene rings is 1. The summed E-state index contributed by atoms with van der Waals surface area (Å²) in [6, 6.07) is 7.97. The molecule has 2 N–H and O–H groups in total. The van der Waals surface area contributed by atoms with Crippen molar-refractivity contribution in [3.05, 3.63) is 29.8 Å². The van der Waals surface area contributed by atoms with Gasteiger partial charge in [0.1, 0.15) is 0 Å². The number of likely N-dealkylation sites (tertiary alicyclic amines) is 1. The fourth-order valence-corrected chi connectivity index (χ4v) is 2.89. The van der Waals surface area contributed by atoms with Gasteiger partial charge in [-0.05, 0) is 36.5 Å². The third-order valence-electron chi connectivity index (χ3n) is 4.36. The van der Waals surface area contributed by atoms with Crippen molar-refractivity contribution in [3.8, 4) is 0 Å². The Hall–Kier alpha value is -1.31. The van der Waals surface area contributed by atoms with Gasteiger partial charge in [0.25, 0.3) is 0 Å². The highest BCUT2D eigenvalue weighted by Crippen LogP contribution is 2.16. The minimum Gasteiger partial charge on any atom is -0.352 e. The number of amides is 1. The van der Waals surface area contributed by atoms with Gasteiger partial charge in [0.05, 0.1) is 0 Å². The number of aliphatic imine (C=N–C) groups is 1. The normalized spacial score (nSPS) is 17.9. The van der Waals surface area contributed by atoms with Crippen molar-refractivity contribution < 1.29 is 4.79 Å². The van der Waals surface area contributed by atoms with Crippen molar-refractivity contribution in [2.24, 2.45) is 16.8 Å². The second kappa shape index (κ2) is 10.6. The molecular weight excluding hydrogens is 427 g/mol. The average Bonchev–Trinajstić information content (AvgIpc) is 2.57. The second-order valence-corrected chi connectivity index (χ2v) is 6.94. The van der Waals surface area contributed by atoms with Gasteiger partial charge in [-0.15, -0.1) is 24.0 Å². The third-order valence-corrected chi connectivity index (χ3v) is 4.36. The molecule has 5 nitrogen and oxygen atoms in total. The van der Waals surface area contributed by atoms with Gasteiger partial charge in [-0.2, -0.15) is 0 Å². The van der Waals surface area contributed by atoms with E-state index in [2.05, 4.69) is 27.4 Å². The summed E-state index contributed by atoms with van der Waals surface area (Å²) in [6.07, 6.45) is 2.53. The summed E-state index contributed by atoms with van der Waals surface area (Å²) in [4.78, 5) is 18.5. The summed E-state index contributed by atoms with van der Waals surface area (Å²) in [5, 5.41) is 6.35. The largest absolute Gasteiger partial charge is 0.352 e. The van der Waals surface area contributed by atoms with Crippen molar-refractivity contribution in [2.45, 2.75) is 40.2 Å². The molecule has 140 valence electrons. The molecule has 0 radical (unpaired) electrons. The maximum Gasteiger partial charge on any atom is 0.226 e. The van der Waals surface area contributed by atoms with Gasteiger partial charge < -0.3 is 15.5 Å². The van der Waals surface area contributed by atoms with Crippen LogP contribution in [-0.4, -0.2) is 36.9 Å². The van der Waals surface area contributed by atoms with E-state index in [0.29, 0.717) is 0 Å². The lowest BCUT2D eigenvalue weighted by atomic mass is 10.0. The molecule has 1 unspecified atom stereocenters. The zero-order valence-electron chi connectivity index (χ0n) is 15.7. The number of hydrogen-bond acceptors (Lipinski definition) is 2. The summed E-state index contributed by atoms with van der Waals surface area (Å²) in [6.45, 7) is 8.95. The number of hydrogen-bond donors (Lipinski definition) is 2. The number of rotatable bonds is 4. The molecule has 1 amide bonds. The van der Waals surface area contributed by atoms with E-state index in [0.717, 1.165) is 37.2 Å². The van der Waals surface area contributed by atoms with Crippen LogP contribution in [0.5, 0.6) is 0 Å². The van der Waals surface area contributed by atoms with E-state index >= 15 is 0 Å². The first kappa shape index (κ1) is 21.7. The molecule has 1 aliphatic heterocycles.